The number of nitrogens with one attached hydrogen (secondary N) is 1. The lowest BCUT2D eigenvalue weighted by molar-refractivity contribution is 0.0600. The first-order chi connectivity index (χ1) is 7.77. The maximum absolute atomic E-state index is 13.6. The van der Waals surface area contributed by atoms with Crippen molar-refractivity contribution in [2.75, 3.05) is 19.6 Å². The van der Waals surface area contributed by atoms with E-state index in [9.17, 15) is 9.18 Å². The van der Waals surface area contributed by atoms with Crippen molar-refractivity contribution in [1.82, 2.24) is 10.2 Å². The number of halogens is 1. The van der Waals surface area contributed by atoms with Gasteiger partial charge in [-0.15, -0.1) is 0 Å². The van der Waals surface area contributed by atoms with Gasteiger partial charge in [-0.25, -0.2) is 4.39 Å². The van der Waals surface area contributed by atoms with Crippen molar-refractivity contribution < 1.29 is 9.18 Å². The van der Waals surface area contributed by atoms with E-state index in [-0.39, 0.29) is 23.3 Å². The molecule has 4 heteroatoms. The highest BCUT2D eigenvalue weighted by molar-refractivity contribution is 5.97. The quantitative estimate of drug-likeness (QED) is 0.701. The highest BCUT2D eigenvalue weighted by atomic mass is 19.1. The summed E-state index contributed by atoms with van der Waals surface area (Å²) in [5.74, 6) is -0.537. The summed E-state index contributed by atoms with van der Waals surface area (Å²) in [6.07, 6.45) is 0.756. The summed E-state index contributed by atoms with van der Waals surface area (Å²) in [5, 5.41) is 3.26. The second-order valence-corrected chi connectivity index (χ2v) is 4.33. The third kappa shape index (κ3) is 1.33. The normalized spacial score (nSPS) is 23.9. The minimum atomic E-state index is -0.389. The van der Waals surface area contributed by atoms with E-state index in [1.54, 1.807) is 11.0 Å². The Labute approximate surface area is 93.2 Å². The van der Waals surface area contributed by atoms with E-state index in [0.29, 0.717) is 6.54 Å². The number of amides is 1. The summed E-state index contributed by atoms with van der Waals surface area (Å²) in [4.78, 5) is 13.9. The Balaban J connectivity index is 2.07. The van der Waals surface area contributed by atoms with Crippen LogP contribution >= 0.6 is 0 Å². The molecule has 0 aliphatic carbocycles. The van der Waals surface area contributed by atoms with Gasteiger partial charge in [-0.3, -0.25) is 4.79 Å². The topological polar surface area (TPSA) is 32.3 Å². The van der Waals surface area contributed by atoms with Gasteiger partial charge < -0.3 is 10.2 Å². The molecule has 0 spiro atoms. The molecule has 1 aromatic carbocycles. The van der Waals surface area contributed by atoms with Crippen LogP contribution in [0.2, 0.25) is 0 Å². The molecule has 1 aromatic rings. The fourth-order valence-electron chi connectivity index (χ4n) is 2.59. The molecule has 1 atom stereocenters. The molecule has 84 valence electrons. The van der Waals surface area contributed by atoms with Gasteiger partial charge in [-0.05, 0) is 18.1 Å². The smallest absolute Gasteiger partial charge is 0.257 e. The number of rotatable bonds is 0. The third-order valence-electron chi connectivity index (χ3n) is 3.38. The molecular weight excluding hydrogens is 207 g/mol. The molecule has 0 bridgehead atoms. The number of carbonyl (C=O) groups is 1. The number of hydrogen-bond donors (Lipinski definition) is 1. The first kappa shape index (κ1) is 9.78. The van der Waals surface area contributed by atoms with Gasteiger partial charge in [0.2, 0.25) is 0 Å². The average Bonchev–Trinajstić information content (AvgIpc) is 2.29. The van der Waals surface area contributed by atoms with Crippen molar-refractivity contribution >= 4 is 5.91 Å². The van der Waals surface area contributed by atoms with Gasteiger partial charge in [0.1, 0.15) is 5.82 Å². The Kier molecular flexibility index (Phi) is 2.17. The van der Waals surface area contributed by atoms with Crippen molar-refractivity contribution in [3.8, 4) is 0 Å². The Morgan fingerprint density at radius 1 is 1.44 bits per heavy atom. The zero-order valence-electron chi connectivity index (χ0n) is 8.87. The van der Waals surface area contributed by atoms with Gasteiger partial charge in [0, 0.05) is 25.7 Å². The summed E-state index contributed by atoms with van der Waals surface area (Å²) >= 11 is 0. The Bertz CT molecular complexity index is 447. The largest absolute Gasteiger partial charge is 0.333 e. The molecule has 1 fully saturated rings. The standard InChI is InChI=1S/C12H13FN2O/c13-10-3-1-2-8-6-9-7-14-4-5-15(9)12(16)11(8)10/h1-3,9,14H,4-7H2/t9-/m1/s1. The predicted molar refractivity (Wildman–Crippen MR) is 57.8 cm³/mol. The number of piperazine rings is 1. The van der Waals surface area contributed by atoms with Crippen LogP contribution in [0.3, 0.4) is 0 Å². The fraction of sp³-hybridized carbons (Fsp3) is 0.417. The van der Waals surface area contributed by atoms with Crippen molar-refractivity contribution in [3.05, 3.63) is 35.1 Å². The molecule has 0 saturated carbocycles. The molecule has 1 amide bonds. The lowest BCUT2D eigenvalue weighted by Gasteiger charge is -2.40. The van der Waals surface area contributed by atoms with Crippen LogP contribution in [0.15, 0.2) is 18.2 Å². The summed E-state index contributed by atoms with van der Waals surface area (Å²) in [7, 11) is 0. The van der Waals surface area contributed by atoms with Crippen molar-refractivity contribution in [3.63, 3.8) is 0 Å². The molecule has 1 N–H and O–H groups in total. The zero-order chi connectivity index (χ0) is 11.1. The van der Waals surface area contributed by atoms with Crippen LogP contribution in [0.25, 0.3) is 0 Å². The molecule has 2 aliphatic heterocycles. The van der Waals surface area contributed by atoms with Gasteiger partial charge in [-0.2, -0.15) is 0 Å². The molecule has 0 unspecified atom stereocenters. The fourth-order valence-corrected chi connectivity index (χ4v) is 2.59. The first-order valence-electron chi connectivity index (χ1n) is 5.56. The van der Waals surface area contributed by atoms with Gasteiger partial charge in [0.15, 0.2) is 0 Å². The van der Waals surface area contributed by atoms with E-state index in [0.717, 1.165) is 25.1 Å². The van der Waals surface area contributed by atoms with Gasteiger partial charge in [0.25, 0.3) is 5.91 Å². The number of benzene rings is 1. The van der Waals surface area contributed by atoms with Crippen molar-refractivity contribution in [2.45, 2.75) is 12.5 Å². The molecular formula is C12H13FN2O. The highest BCUT2D eigenvalue weighted by Gasteiger charge is 2.35. The van der Waals surface area contributed by atoms with Crippen LogP contribution in [0, 0.1) is 5.82 Å². The minimum absolute atomic E-state index is 0.147. The SMILES string of the molecule is O=C1c2c(F)cccc2C[C@@H]2CNCCN12. The monoisotopic (exact) mass is 220 g/mol. The molecule has 1 saturated heterocycles. The highest BCUT2D eigenvalue weighted by Crippen LogP contribution is 2.25. The van der Waals surface area contributed by atoms with Crippen LogP contribution in [0.4, 0.5) is 4.39 Å². The molecule has 16 heavy (non-hydrogen) atoms. The molecule has 2 heterocycles. The van der Waals surface area contributed by atoms with Crippen LogP contribution in [-0.2, 0) is 6.42 Å². The minimum Gasteiger partial charge on any atom is -0.333 e. The van der Waals surface area contributed by atoms with E-state index in [1.807, 2.05) is 6.07 Å². The summed E-state index contributed by atoms with van der Waals surface area (Å²) in [6.45, 7) is 2.28. The average molecular weight is 220 g/mol. The van der Waals surface area contributed by atoms with Gasteiger partial charge in [0.05, 0.1) is 5.56 Å². The van der Waals surface area contributed by atoms with E-state index in [4.69, 9.17) is 0 Å². The molecule has 3 nitrogen and oxygen atoms in total. The van der Waals surface area contributed by atoms with Crippen LogP contribution < -0.4 is 5.32 Å². The lowest BCUT2D eigenvalue weighted by Crippen LogP contribution is -2.56. The number of hydrogen-bond acceptors (Lipinski definition) is 2. The Morgan fingerprint density at radius 2 is 2.31 bits per heavy atom. The van der Waals surface area contributed by atoms with Crippen LogP contribution in [-0.4, -0.2) is 36.5 Å². The van der Waals surface area contributed by atoms with E-state index < -0.39 is 0 Å². The van der Waals surface area contributed by atoms with E-state index in [2.05, 4.69) is 5.32 Å². The van der Waals surface area contributed by atoms with E-state index in [1.165, 1.54) is 6.07 Å². The predicted octanol–water partition coefficient (Wildman–Crippen LogP) is 0.796. The number of nitrogens with zero attached hydrogens (tertiary/aromatic N) is 1. The van der Waals surface area contributed by atoms with Gasteiger partial charge in [-0.1, -0.05) is 12.1 Å². The number of fused-ring (bicyclic) bond motifs is 2. The summed E-state index contributed by atoms with van der Waals surface area (Å²) in [5.41, 5.74) is 1.12. The zero-order valence-corrected chi connectivity index (χ0v) is 8.87. The third-order valence-corrected chi connectivity index (χ3v) is 3.38. The van der Waals surface area contributed by atoms with Crippen molar-refractivity contribution in [2.24, 2.45) is 0 Å². The molecule has 3 rings (SSSR count). The maximum Gasteiger partial charge on any atom is 0.257 e. The lowest BCUT2D eigenvalue weighted by atomic mass is 9.92. The van der Waals surface area contributed by atoms with Crippen LogP contribution in [0.1, 0.15) is 15.9 Å². The second kappa shape index (κ2) is 3.56. The van der Waals surface area contributed by atoms with E-state index >= 15 is 0 Å². The molecule has 0 aromatic heterocycles. The Hall–Kier alpha value is -1.42. The summed E-state index contributed by atoms with van der Waals surface area (Å²) < 4.78 is 13.6. The maximum atomic E-state index is 13.6. The molecule has 0 radical (unpaired) electrons. The number of carbonyl (C=O) groups excluding carboxylic acids is 1. The second-order valence-electron chi connectivity index (χ2n) is 4.33. The Morgan fingerprint density at radius 3 is 3.19 bits per heavy atom. The molecule has 2 aliphatic rings. The van der Waals surface area contributed by atoms with Crippen LogP contribution in [0.5, 0.6) is 0 Å². The van der Waals surface area contributed by atoms with Crippen molar-refractivity contribution in [1.29, 1.82) is 0 Å². The first-order valence-corrected chi connectivity index (χ1v) is 5.56. The summed E-state index contributed by atoms with van der Waals surface area (Å²) in [6, 6.07) is 5.07. The van der Waals surface area contributed by atoms with Gasteiger partial charge >= 0.3 is 0 Å².